The van der Waals surface area contributed by atoms with Crippen molar-refractivity contribution in [2.45, 2.75) is 14.2 Å². The summed E-state index contributed by atoms with van der Waals surface area (Å²) in [7, 11) is 11.2. The summed E-state index contributed by atoms with van der Waals surface area (Å²) in [5.41, 5.74) is 5.19. The van der Waals surface area contributed by atoms with Crippen molar-refractivity contribution in [3.63, 3.8) is 0 Å². The normalized spacial score (nSPS) is 21.9. The van der Waals surface area contributed by atoms with E-state index in [1.54, 1.807) is 0 Å². The summed E-state index contributed by atoms with van der Waals surface area (Å²) in [6.07, 6.45) is 8.95. The fourth-order valence-electron chi connectivity index (χ4n) is 4.01. The molecule has 2 unspecified atom stereocenters. The zero-order valence-electron chi connectivity index (χ0n) is 12.9. The van der Waals surface area contributed by atoms with Crippen molar-refractivity contribution in [2.75, 3.05) is 0 Å². The molecule has 0 amide bonds. The van der Waals surface area contributed by atoms with Crippen molar-refractivity contribution in [1.29, 1.82) is 0 Å². The molecule has 23 heavy (non-hydrogen) atoms. The van der Waals surface area contributed by atoms with E-state index in [1.807, 2.05) is 0 Å². The van der Waals surface area contributed by atoms with Gasteiger partial charge in [0.15, 0.2) is 0 Å². The van der Waals surface area contributed by atoms with Crippen LogP contribution in [0.1, 0.15) is 30.7 Å². The Morgan fingerprint density at radius 1 is 0.783 bits per heavy atom. The molecule has 2 aliphatic carbocycles. The molecule has 0 fully saturated rings. The SMILES string of the molecule is [CH3][Al]=[Ti]([Cl])([Cl])([CH]1C=Cc2ccccc21)[CH]1C=Cc2ccccc21. The van der Waals surface area contributed by atoms with Gasteiger partial charge in [-0.1, -0.05) is 0 Å². The van der Waals surface area contributed by atoms with Gasteiger partial charge in [0.05, 0.1) is 0 Å². The first-order valence-electron chi connectivity index (χ1n) is 7.96. The molecule has 4 heteroatoms. The molecule has 2 aromatic rings. The molecule has 2 aromatic carbocycles. The molecule has 114 valence electrons. The summed E-state index contributed by atoms with van der Waals surface area (Å²) >= 11 is -0.00796. The van der Waals surface area contributed by atoms with E-state index in [2.05, 4.69) is 78.6 Å². The van der Waals surface area contributed by atoms with Crippen molar-refractivity contribution in [2.24, 2.45) is 0 Å². The van der Waals surface area contributed by atoms with Crippen molar-refractivity contribution < 1.29 is 10.4 Å². The van der Waals surface area contributed by atoms with Gasteiger partial charge in [0, 0.05) is 0 Å². The Labute approximate surface area is 149 Å². The van der Waals surface area contributed by atoms with Gasteiger partial charge in [-0.2, -0.15) is 0 Å². The summed E-state index contributed by atoms with van der Waals surface area (Å²) in [6.45, 7) is 0. The van der Waals surface area contributed by atoms with Crippen LogP contribution in [0.15, 0.2) is 60.7 Å². The number of fused-ring (bicyclic) bond motifs is 2. The van der Waals surface area contributed by atoms with E-state index in [1.165, 1.54) is 22.3 Å². The van der Waals surface area contributed by atoms with Crippen LogP contribution in [0.3, 0.4) is 0 Å². The Morgan fingerprint density at radius 2 is 1.22 bits per heavy atom. The number of hydrogen-bond donors (Lipinski definition) is 0. The van der Waals surface area contributed by atoms with E-state index in [0.29, 0.717) is 0 Å². The maximum atomic E-state index is 7.54. The first-order chi connectivity index (χ1) is 11.0. The van der Waals surface area contributed by atoms with Crippen LogP contribution in [0.4, 0.5) is 0 Å². The Kier molecular flexibility index (Phi) is 3.98. The van der Waals surface area contributed by atoms with Gasteiger partial charge in [-0.05, 0) is 0 Å². The molecular formula is C19H17AlCl2Ti. The molecule has 0 aromatic heterocycles. The quantitative estimate of drug-likeness (QED) is 0.536. The number of allylic oxidation sites excluding steroid dienone is 2. The third kappa shape index (κ3) is 2.38. The fourth-order valence-corrected chi connectivity index (χ4v) is 18.4. The van der Waals surface area contributed by atoms with E-state index in [4.69, 9.17) is 18.6 Å². The van der Waals surface area contributed by atoms with Gasteiger partial charge < -0.3 is 0 Å². The summed E-state index contributed by atoms with van der Waals surface area (Å²) < 4.78 is 0.402. The van der Waals surface area contributed by atoms with Gasteiger partial charge >= 0.3 is 150 Å². The zero-order chi connectivity index (χ0) is 16.1. The number of halogens is 2. The van der Waals surface area contributed by atoms with E-state index in [-0.39, 0.29) is 20.3 Å². The Balaban J connectivity index is 1.92. The molecule has 0 nitrogen and oxygen atoms in total. The summed E-state index contributed by atoms with van der Waals surface area (Å²) in [5, 5.41) is 0. The van der Waals surface area contributed by atoms with Crippen LogP contribution in [0.5, 0.6) is 0 Å². The van der Waals surface area contributed by atoms with Crippen LogP contribution in [-0.4, -0.2) is 11.9 Å². The second kappa shape index (κ2) is 5.64. The monoisotopic (exact) mass is 390 g/mol. The topological polar surface area (TPSA) is 0 Å². The van der Waals surface area contributed by atoms with Gasteiger partial charge in [-0.15, -0.1) is 0 Å². The minimum absolute atomic E-state index is 0.00796. The molecule has 0 spiro atoms. The van der Waals surface area contributed by atoms with Gasteiger partial charge in [-0.25, -0.2) is 0 Å². The third-order valence-electron chi connectivity index (χ3n) is 5.34. The summed E-state index contributed by atoms with van der Waals surface area (Å²) in [6, 6.07) is 17.1. The van der Waals surface area contributed by atoms with Crippen LogP contribution in [0, 0.1) is 0 Å². The summed E-state index contributed by atoms with van der Waals surface area (Å²) in [5.74, 6) is 2.25. The van der Waals surface area contributed by atoms with Crippen molar-refractivity contribution in [1.82, 2.24) is 0 Å². The molecule has 4 rings (SSSR count). The molecule has 0 heterocycles. The van der Waals surface area contributed by atoms with Gasteiger partial charge in [-0.3, -0.25) is 0 Å². The molecule has 2 aliphatic rings. The minimum atomic E-state index is -3.83. The van der Waals surface area contributed by atoms with E-state index in [9.17, 15) is 0 Å². The zero-order valence-corrected chi connectivity index (χ0v) is 17.1. The van der Waals surface area contributed by atoms with E-state index < -0.39 is 10.4 Å². The number of hydrogen-bond acceptors (Lipinski definition) is 0. The second-order valence-electron chi connectivity index (χ2n) is 6.45. The standard InChI is InChI=1S/2C9H7.CH3.Al.2ClH.Ti/c2*1-2-5-9-7-3-6-8(9)4-1;;;;;/h2*1-7H;1H3;;2*1H;/q;;;;;;+2/p-2. The summed E-state index contributed by atoms with van der Waals surface area (Å²) in [4.78, 5) is 0. The predicted molar refractivity (Wildman–Crippen MR) is 99.8 cm³/mol. The number of rotatable bonds is 2. The van der Waals surface area contributed by atoms with Gasteiger partial charge in [0.2, 0.25) is 0 Å². The van der Waals surface area contributed by atoms with Crippen molar-refractivity contribution in [3.8, 4) is 0 Å². The average Bonchev–Trinajstić information content (AvgIpc) is 3.20. The maximum absolute atomic E-state index is 7.54. The first-order valence-corrected chi connectivity index (χ1v) is 18.5. The molecular weight excluding hydrogens is 374 g/mol. The molecule has 0 N–H and O–H groups in total. The van der Waals surface area contributed by atoms with Gasteiger partial charge in [0.1, 0.15) is 0 Å². The molecule has 2 atom stereocenters. The molecule has 0 bridgehead atoms. The van der Waals surface area contributed by atoms with E-state index in [0.717, 1.165) is 0 Å². The Hall–Kier alpha value is -0.253. The average molecular weight is 391 g/mol. The molecule has 0 saturated heterocycles. The first kappa shape index (κ1) is 16.2. The molecule has 0 saturated carbocycles. The van der Waals surface area contributed by atoms with E-state index >= 15 is 0 Å². The molecule has 0 aliphatic heterocycles. The molecule has 0 radical (unpaired) electrons. The fraction of sp³-hybridized carbons (Fsp3) is 0.158. The number of benzene rings is 2. The van der Waals surface area contributed by atoms with Crippen LogP contribution in [0.25, 0.3) is 12.2 Å². The second-order valence-corrected chi connectivity index (χ2v) is 31.4. The Morgan fingerprint density at radius 3 is 1.65 bits per heavy atom. The van der Waals surface area contributed by atoms with Crippen LogP contribution in [-0.2, 0) is 10.4 Å². The van der Waals surface area contributed by atoms with Crippen LogP contribution < -0.4 is 0 Å². The predicted octanol–water partition coefficient (Wildman–Crippen LogP) is 6.19. The third-order valence-corrected chi connectivity index (χ3v) is 29.1. The van der Waals surface area contributed by atoms with Crippen molar-refractivity contribution in [3.05, 3.63) is 82.9 Å². The Bertz CT molecular complexity index is 853. The van der Waals surface area contributed by atoms with Crippen molar-refractivity contribution >= 4 is 42.6 Å². The van der Waals surface area contributed by atoms with Gasteiger partial charge in [0.25, 0.3) is 0 Å². The van der Waals surface area contributed by atoms with Crippen LogP contribution in [0.2, 0.25) is 5.79 Å². The van der Waals surface area contributed by atoms with Crippen LogP contribution >= 0.6 is 18.6 Å².